The average molecular weight is 400 g/mol. The molecule has 2 N–H and O–H groups in total. The number of hydrogen-bond donors (Lipinski definition) is 1. The van der Waals surface area contributed by atoms with Gasteiger partial charge in [-0.15, -0.1) is 0 Å². The molecule has 5 heteroatoms. The molecule has 0 aliphatic heterocycles. The van der Waals surface area contributed by atoms with E-state index in [1.165, 1.54) is 42.4 Å². The first-order valence-corrected chi connectivity index (χ1v) is 11.7. The lowest BCUT2D eigenvalue weighted by Crippen LogP contribution is -2.11. The topological polar surface area (TPSA) is 69.4 Å². The van der Waals surface area contributed by atoms with Crippen molar-refractivity contribution >= 4 is 10.0 Å². The van der Waals surface area contributed by atoms with Crippen molar-refractivity contribution in [2.24, 2.45) is 16.5 Å². The smallest absolute Gasteiger partial charge is 0.238 e. The maximum atomic E-state index is 11.6. The van der Waals surface area contributed by atoms with Crippen LogP contribution in [0.5, 0.6) is 5.75 Å². The van der Waals surface area contributed by atoms with Crippen LogP contribution >= 0.6 is 0 Å². The number of benzene rings is 2. The minimum Gasteiger partial charge on any atom is -0.496 e. The molecule has 2 saturated carbocycles. The molecule has 2 aliphatic carbocycles. The summed E-state index contributed by atoms with van der Waals surface area (Å²) < 4.78 is 28.7. The van der Waals surface area contributed by atoms with Gasteiger partial charge < -0.3 is 4.74 Å². The van der Waals surface area contributed by atoms with Crippen molar-refractivity contribution in [3.05, 3.63) is 59.2 Å². The summed E-state index contributed by atoms with van der Waals surface area (Å²) in [6.07, 6.45) is 7.32. The molecule has 1 spiro atoms. The van der Waals surface area contributed by atoms with E-state index >= 15 is 0 Å². The molecule has 0 amide bonds. The third kappa shape index (κ3) is 3.46. The van der Waals surface area contributed by atoms with Crippen molar-refractivity contribution in [1.29, 1.82) is 0 Å². The van der Waals surface area contributed by atoms with Crippen LogP contribution in [0, 0.1) is 18.3 Å². The highest BCUT2D eigenvalue weighted by Crippen LogP contribution is 2.73. The van der Waals surface area contributed by atoms with Crippen LogP contribution in [0.4, 0.5) is 0 Å². The Hall–Kier alpha value is -1.85. The van der Waals surface area contributed by atoms with E-state index in [4.69, 9.17) is 9.88 Å². The van der Waals surface area contributed by atoms with Gasteiger partial charge >= 0.3 is 0 Å². The molecule has 2 fully saturated rings. The quantitative estimate of drug-likeness (QED) is 0.774. The predicted molar refractivity (Wildman–Crippen MR) is 111 cm³/mol. The Bertz CT molecular complexity index is 960. The monoisotopic (exact) mass is 399 g/mol. The highest BCUT2D eigenvalue weighted by molar-refractivity contribution is 7.89. The molecule has 150 valence electrons. The van der Waals surface area contributed by atoms with E-state index < -0.39 is 10.0 Å². The maximum absolute atomic E-state index is 11.6. The second kappa shape index (κ2) is 7.20. The molecule has 2 aromatic carbocycles. The van der Waals surface area contributed by atoms with Gasteiger partial charge in [0.25, 0.3) is 0 Å². The van der Waals surface area contributed by atoms with Gasteiger partial charge in [0.1, 0.15) is 5.75 Å². The first kappa shape index (κ1) is 19.5. The second-order valence-electron chi connectivity index (χ2n) is 8.49. The van der Waals surface area contributed by atoms with E-state index in [0.29, 0.717) is 17.3 Å². The van der Waals surface area contributed by atoms with E-state index in [9.17, 15) is 8.42 Å². The van der Waals surface area contributed by atoms with Gasteiger partial charge in [0.2, 0.25) is 10.0 Å². The summed E-state index contributed by atoms with van der Waals surface area (Å²) in [6, 6.07) is 13.7. The Kier molecular flexibility index (Phi) is 5.00. The maximum Gasteiger partial charge on any atom is 0.238 e. The molecule has 2 aromatic rings. The molecule has 2 aliphatic rings. The van der Waals surface area contributed by atoms with Crippen LogP contribution in [0.1, 0.15) is 54.7 Å². The summed E-state index contributed by atoms with van der Waals surface area (Å²) in [7, 11) is -1.90. The van der Waals surface area contributed by atoms with Crippen LogP contribution in [0.2, 0.25) is 0 Å². The van der Waals surface area contributed by atoms with Crippen LogP contribution in [-0.4, -0.2) is 15.5 Å². The van der Waals surface area contributed by atoms with E-state index in [-0.39, 0.29) is 4.90 Å². The number of sulfonamides is 1. The Balaban J connectivity index is 1.53. The minimum absolute atomic E-state index is 0.193. The molecule has 2 atom stereocenters. The highest BCUT2D eigenvalue weighted by atomic mass is 32.2. The molecule has 4 nitrogen and oxygen atoms in total. The lowest BCUT2D eigenvalue weighted by atomic mass is 9.96. The lowest BCUT2D eigenvalue weighted by Gasteiger charge is -2.11. The lowest BCUT2D eigenvalue weighted by molar-refractivity contribution is 0.405. The molecule has 0 radical (unpaired) electrons. The SMILES string of the molecule is COc1cc(C)ccc1CCC1C(c2ccc(S(N)(=O)=O)cc2)C12CCCC2. The van der Waals surface area contributed by atoms with Crippen molar-refractivity contribution in [1.82, 2.24) is 0 Å². The van der Waals surface area contributed by atoms with Gasteiger partial charge in [0.05, 0.1) is 12.0 Å². The summed E-state index contributed by atoms with van der Waals surface area (Å²) in [6.45, 7) is 2.09. The molecular formula is C23H29NO3S. The van der Waals surface area contributed by atoms with Crippen LogP contribution < -0.4 is 9.88 Å². The zero-order chi connectivity index (χ0) is 19.9. The third-order valence-electron chi connectivity index (χ3n) is 6.92. The van der Waals surface area contributed by atoms with Crippen molar-refractivity contribution < 1.29 is 13.2 Å². The Morgan fingerprint density at radius 1 is 1.11 bits per heavy atom. The van der Waals surface area contributed by atoms with Crippen molar-refractivity contribution in [2.75, 3.05) is 7.11 Å². The average Bonchev–Trinajstić information content (AvgIpc) is 3.00. The molecule has 0 aromatic heterocycles. The van der Waals surface area contributed by atoms with Crippen LogP contribution in [0.25, 0.3) is 0 Å². The number of nitrogens with two attached hydrogens (primary N) is 1. The molecule has 28 heavy (non-hydrogen) atoms. The molecule has 4 rings (SSSR count). The molecule has 0 bridgehead atoms. The van der Waals surface area contributed by atoms with Crippen LogP contribution in [0.15, 0.2) is 47.4 Å². The van der Waals surface area contributed by atoms with Gasteiger partial charge in [-0.1, -0.05) is 37.1 Å². The zero-order valence-corrected chi connectivity index (χ0v) is 17.5. The van der Waals surface area contributed by atoms with Crippen molar-refractivity contribution in [2.45, 2.75) is 56.3 Å². The molecule has 0 heterocycles. The van der Waals surface area contributed by atoms with Crippen LogP contribution in [-0.2, 0) is 16.4 Å². The van der Waals surface area contributed by atoms with Gasteiger partial charge in [-0.25, -0.2) is 13.6 Å². The number of primary sulfonamides is 1. The third-order valence-corrected chi connectivity index (χ3v) is 7.85. The molecule has 2 unspecified atom stereocenters. The predicted octanol–water partition coefficient (Wildman–Crippen LogP) is 4.56. The number of aryl methyl sites for hydroxylation is 2. The summed E-state index contributed by atoms with van der Waals surface area (Å²) in [5.74, 6) is 2.16. The molecular weight excluding hydrogens is 370 g/mol. The van der Waals surface area contributed by atoms with Crippen LogP contribution in [0.3, 0.4) is 0 Å². The van der Waals surface area contributed by atoms with E-state index in [1.807, 2.05) is 12.1 Å². The normalized spacial score (nSPS) is 23.1. The van der Waals surface area contributed by atoms with Gasteiger partial charge in [0, 0.05) is 0 Å². The standard InChI is InChI=1S/C23H29NO3S/c1-16-5-6-17(21(15-16)27-2)9-12-20-22(23(20)13-3-4-14-23)18-7-10-19(11-8-18)28(24,25)26/h5-8,10-11,15,20,22H,3-4,9,12-14H2,1-2H3,(H2,24,25,26). The van der Waals surface area contributed by atoms with E-state index in [0.717, 1.165) is 18.6 Å². The van der Waals surface area contributed by atoms with E-state index in [2.05, 4.69) is 25.1 Å². The molecule has 0 saturated heterocycles. The Labute approximate surface area is 168 Å². The highest BCUT2D eigenvalue weighted by Gasteiger charge is 2.64. The largest absolute Gasteiger partial charge is 0.496 e. The summed E-state index contributed by atoms with van der Waals surface area (Å²) in [5.41, 5.74) is 4.15. The van der Waals surface area contributed by atoms with Gasteiger partial charge in [-0.05, 0) is 84.7 Å². The Morgan fingerprint density at radius 2 is 1.79 bits per heavy atom. The van der Waals surface area contributed by atoms with Gasteiger partial charge in [0.15, 0.2) is 0 Å². The number of hydrogen-bond acceptors (Lipinski definition) is 3. The summed E-state index contributed by atoms with van der Waals surface area (Å²) >= 11 is 0. The first-order chi connectivity index (χ1) is 13.3. The van der Waals surface area contributed by atoms with E-state index in [1.54, 1.807) is 19.2 Å². The fourth-order valence-electron chi connectivity index (χ4n) is 5.55. The van der Waals surface area contributed by atoms with Gasteiger partial charge in [-0.3, -0.25) is 0 Å². The fraction of sp³-hybridized carbons (Fsp3) is 0.478. The number of rotatable bonds is 6. The Morgan fingerprint density at radius 3 is 2.39 bits per heavy atom. The second-order valence-corrected chi connectivity index (χ2v) is 10.1. The van der Waals surface area contributed by atoms with Gasteiger partial charge in [-0.2, -0.15) is 0 Å². The van der Waals surface area contributed by atoms with Crippen molar-refractivity contribution in [3.63, 3.8) is 0 Å². The first-order valence-electron chi connectivity index (χ1n) is 10.1. The number of ether oxygens (including phenoxy) is 1. The summed E-state index contributed by atoms with van der Waals surface area (Å²) in [4.78, 5) is 0.193. The van der Waals surface area contributed by atoms with Crippen molar-refractivity contribution in [3.8, 4) is 5.75 Å². The zero-order valence-electron chi connectivity index (χ0n) is 16.6. The number of methoxy groups -OCH3 is 1. The fourth-order valence-corrected chi connectivity index (χ4v) is 6.06. The summed E-state index contributed by atoms with van der Waals surface area (Å²) in [5, 5.41) is 5.25. The minimum atomic E-state index is -3.64.